The monoisotopic (exact) mass is 197 g/mol. The van der Waals surface area contributed by atoms with Crippen LogP contribution in [0.5, 0.6) is 0 Å². The van der Waals surface area contributed by atoms with Crippen LogP contribution in [-0.2, 0) is 0 Å². The van der Waals surface area contributed by atoms with E-state index in [1.165, 1.54) is 25.7 Å². The highest BCUT2D eigenvalue weighted by atomic mass is 16.3. The zero-order chi connectivity index (χ0) is 10.0. The Morgan fingerprint density at radius 3 is 2.07 bits per heavy atom. The Labute approximate surface area is 87.1 Å². The van der Waals surface area contributed by atoms with Crippen molar-refractivity contribution in [3.8, 4) is 0 Å². The van der Waals surface area contributed by atoms with Crippen molar-refractivity contribution >= 4 is 0 Å². The number of aliphatic hydroxyl groups is 1. The van der Waals surface area contributed by atoms with E-state index >= 15 is 0 Å². The Bertz CT molecular complexity index is 175. The minimum atomic E-state index is -0.381. The van der Waals surface area contributed by atoms with Gasteiger partial charge in [0.05, 0.1) is 5.60 Å². The van der Waals surface area contributed by atoms with Crippen molar-refractivity contribution < 1.29 is 5.11 Å². The van der Waals surface area contributed by atoms with Gasteiger partial charge in [-0.1, -0.05) is 12.8 Å². The number of nitrogens with one attached hydrogen (secondary N) is 1. The minimum absolute atomic E-state index is 0.381. The second-order valence-corrected chi connectivity index (χ2v) is 5.42. The molecule has 0 unspecified atom stereocenters. The standard InChI is InChI=1S/C12H23NO/c1-12(14)8-6-11(7-9-12)13-10-4-2-3-5-10/h10-11,13-14H,2-9H2,1H3. The van der Waals surface area contributed by atoms with E-state index in [1.807, 2.05) is 6.92 Å². The van der Waals surface area contributed by atoms with E-state index in [-0.39, 0.29) is 5.60 Å². The van der Waals surface area contributed by atoms with Crippen molar-refractivity contribution in [1.82, 2.24) is 5.32 Å². The van der Waals surface area contributed by atoms with Gasteiger partial charge in [0.2, 0.25) is 0 Å². The molecule has 0 spiro atoms. The zero-order valence-corrected chi connectivity index (χ0v) is 9.26. The molecule has 14 heavy (non-hydrogen) atoms. The predicted octanol–water partition coefficient (Wildman–Crippen LogP) is 2.21. The van der Waals surface area contributed by atoms with Crippen LogP contribution in [0.1, 0.15) is 58.3 Å². The van der Waals surface area contributed by atoms with Gasteiger partial charge in [0.15, 0.2) is 0 Å². The molecular weight excluding hydrogens is 174 g/mol. The van der Waals surface area contributed by atoms with Crippen LogP contribution in [0.2, 0.25) is 0 Å². The van der Waals surface area contributed by atoms with Gasteiger partial charge in [0.25, 0.3) is 0 Å². The molecule has 2 rings (SSSR count). The highest BCUT2D eigenvalue weighted by Gasteiger charge is 2.29. The first kappa shape index (κ1) is 10.4. The third kappa shape index (κ3) is 2.71. The van der Waals surface area contributed by atoms with Gasteiger partial charge in [0.1, 0.15) is 0 Å². The third-order valence-electron chi connectivity index (χ3n) is 3.89. The number of rotatable bonds is 2. The van der Waals surface area contributed by atoms with Gasteiger partial charge in [-0.15, -0.1) is 0 Å². The van der Waals surface area contributed by atoms with Gasteiger partial charge < -0.3 is 10.4 Å². The Morgan fingerprint density at radius 2 is 1.50 bits per heavy atom. The van der Waals surface area contributed by atoms with Crippen LogP contribution < -0.4 is 5.32 Å². The van der Waals surface area contributed by atoms with Crippen LogP contribution in [0, 0.1) is 0 Å². The molecule has 0 aromatic heterocycles. The Balaban J connectivity index is 1.72. The fraction of sp³-hybridized carbons (Fsp3) is 1.00. The maximum Gasteiger partial charge on any atom is 0.0621 e. The lowest BCUT2D eigenvalue weighted by Crippen LogP contribution is -2.43. The molecule has 0 aliphatic heterocycles. The topological polar surface area (TPSA) is 32.3 Å². The summed E-state index contributed by atoms with van der Waals surface area (Å²) in [6, 6.07) is 1.46. The lowest BCUT2D eigenvalue weighted by atomic mass is 9.83. The smallest absolute Gasteiger partial charge is 0.0621 e. The lowest BCUT2D eigenvalue weighted by molar-refractivity contribution is 0.0130. The van der Waals surface area contributed by atoms with E-state index in [0.717, 1.165) is 31.7 Å². The fourth-order valence-corrected chi connectivity index (χ4v) is 2.83. The molecule has 2 heteroatoms. The Morgan fingerprint density at radius 1 is 1.00 bits per heavy atom. The molecule has 0 aromatic rings. The van der Waals surface area contributed by atoms with E-state index in [0.29, 0.717) is 6.04 Å². The van der Waals surface area contributed by atoms with Gasteiger partial charge in [-0.05, 0) is 45.4 Å². The van der Waals surface area contributed by atoms with Crippen molar-refractivity contribution in [2.45, 2.75) is 76.0 Å². The summed E-state index contributed by atoms with van der Waals surface area (Å²) in [7, 11) is 0. The van der Waals surface area contributed by atoms with Crippen molar-refractivity contribution in [2.24, 2.45) is 0 Å². The SMILES string of the molecule is CC1(O)CCC(NC2CCCC2)CC1. The minimum Gasteiger partial charge on any atom is -0.390 e. The molecule has 2 aliphatic rings. The molecule has 0 heterocycles. The third-order valence-corrected chi connectivity index (χ3v) is 3.89. The van der Waals surface area contributed by atoms with Crippen LogP contribution in [0.4, 0.5) is 0 Å². The molecule has 2 aliphatic carbocycles. The zero-order valence-electron chi connectivity index (χ0n) is 9.26. The van der Waals surface area contributed by atoms with Crippen LogP contribution in [0.25, 0.3) is 0 Å². The molecule has 2 saturated carbocycles. The average Bonchev–Trinajstić information content (AvgIpc) is 2.61. The van der Waals surface area contributed by atoms with E-state index in [4.69, 9.17) is 0 Å². The molecule has 2 N–H and O–H groups in total. The molecular formula is C12H23NO. The molecule has 0 amide bonds. The average molecular weight is 197 g/mol. The van der Waals surface area contributed by atoms with Gasteiger partial charge in [-0.2, -0.15) is 0 Å². The Kier molecular flexibility index (Phi) is 3.13. The second-order valence-electron chi connectivity index (χ2n) is 5.42. The van der Waals surface area contributed by atoms with E-state index in [1.54, 1.807) is 0 Å². The normalized spacial score (nSPS) is 40.3. The van der Waals surface area contributed by atoms with Crippen LogP contribution in [0.15, 0.2) is 0 Å². The van der Waals surface area contributed by atoms with Crippen LogP contribution >= 0.6 is 0 Å². The summed E-state index contributed by atoms with van der Waals surface area (Å²) in [4.78, 5) is 0. The van der Waals surface area contributed by atoms with Crippen LogP contribution in [-0.4, -0.2) is 22.8 Å². The molecule has 0 saturated heterocycles. The molecule has 0 aromatic carbocycles. The number of hydrogen-bond donors (Lipinski definition) is 2. The summed E-state index contributed by atoms with van der Waals surface area (Å²) in [6.45, 7) is 1.97. The summed E-state index contributed by atoms with van der Waals surface area (Å²) in [6.07, 6.45) is 9.80. The number of hydrogen-bond acceptors (Lipinski definition) is 2. The first-order valence-corrected chi connectivity index (χ1v) is 6.14. The van der Waals surface area contributed by atoms with Crippen molar-refractivity contribution in [3.63, 3.8) is 0 Å². The van der Waals surface area contributed by atoms with E-state index in [9.17, 15) is 5.11 Å². The van der Waals surface area contributed by atoms with E-state index < -0.39 is 0 Å². The van der Waals surface area contributed by atoms with E-state index in [2.05, 4.69) is 5.32 Å². The molecule has 0 bridgehead atoms. The first-order chi connectivity index (χ1) is 6.66. The summed E-state index contributed by atoms with van der Waals surface area (Å²) >= 11 is 0. The second kappa shape index (κ2) is 4.19. The molecule has 82 valence electrons. The Hall–Kier alpha value is -0.0800. The highest BCUT2D eigenvalue weighted by molar-refractivity contribution is 4.87. The van der Waals surface area contributed by atoms with Gasteiger partial charge in [-0.3, -0.25) is 0 Å². The summed E-state index contributed by atoms with van der Waals surface area (Å²) in [5.74, 6) is 0. The maximum atomic E-state index is 9.83. The van der Waals surface area contributed by atoms with Gasteiger partial charge >= 0.3 is 0 Å². The molecule has 0 radical (unpaired) electrons. The van der Waals surface area contributed by atoms with Gasteiger partial charge in [-0.25, -0.2) is 0 Å². The van der Waals surface area contributed by atoms with Crippen molar-refractivity contribution in [2.75, 3.05) is 0 Å². The van der Waals surface area contributed by atoms with Gasteiger partial charge in [0, 0.05) is 12.1 Å². The highest BCUT2D eigenvalue weighted by Crippen LogP contribution is 2.29. The first-order valence-electron chi connectivity index (χ1n) is 6.14. The molecule has 0 atom stereocenters. The van der Waals surface area contributed by atoms with Crippen molar-refractivity contribution in [1.29, 1.82) is 0 Å². The summed E-state index contributed by atoms with van der Waals surface area (Å²) in [5, 5.41) is 13.6. The largest absolute Gasteiger partial charge is 0.390 e. The maximum absolute atomic E-state index is 9.83. The van der Waals surface area contributed by atoms with Crippen LogP contribution in [0.3, 0.4) is 0 Å². The predicted molar refractivity (Wildman–Crippen MR) is 58.3 cm³/mol. The molecule has 2 nitrogen and oxygen atoms in total. The quantitative estimate of drug-likeness (QED) is 0.711. The lowest BCUT2D eigenvalue weighted by Gasteiger charge is -2.34. The fourth-order valence-electron chi connectivity index (χ4n) is 2.83. The summed E-state index contributed by atoms with van der Waals surface area (Å²) in [5.41, 5.74) is -0.381. The van der Waals surface area contributed by atoms with Crippen molar-refractivity contribution in [3.05, 3.63) is 0 Å². The molecule has 2 fully saturated rings. The summed E-state index contributed by atoms with van der Waals surface area (Å²) < 4.78 is 0.